The molecular formula is C19H27IN6O2. The van der Waals surface area contributed by atoms with Gasteiger partial charge in [-0.1, -0.05) is 12.1 Å². The number of guanidine groups is 1. The quantitative estimate of drug-likeness (QED) is 0.309. The van der Waals surface area contributed by atoms with Gasteiger partial charge < -0.3 is 20.7 Å². The molecule has 0 saturated carbocycles. The Kier molecular flexibility index (Phi) is 9.21. The molecule has 1 aromatic heterocycles. The van der Waals surface area contributed by atoms with Crippen LogP contribution in [-0.4, -0.2) is 48.0 Å². The SMILES string of the molecule is CN=C(NCc1cccc(NC(=O)Cn2cccn2)c1)NCC1CCCO1.I. The zero-order chi connectivity index (χ0) is 18.9. The Labute approximate surface area is 182 Å². The van der Waals surface area contributed by atoms with Crippen LogP contribution in [-0.2, 0) is 22.6 Å². The third kappa shape index (κ3) is 7.12. The lowest BCUT2D eigenvalue weighted by molar-refractivity contribution is -0.116. The van der Waals surface area contributed by atoms with Crippen molar-refractivity contribution in [1.82, 2.24) is 20.4 Å². The molecule has 3 rings (SSSR count). The van der Waals surface area contributed by atoms with Crippen LogP contribution < -0.4 is 16.0 Å². The fourth-order valence-electron chi connectivity index (χ4n) is 2.92. The van der Waals surface area contributed by atoms with E-state index >= 15 is 0 Å². The molecule has 1 aromatic carbocycles. The summed E-state index contributed by atoms with van der Waals surface area (Å²) < 4.78 is 7.20. The van der Waals surface area contributed by atoms with E-state index < -0.39 is 0 Å². The monoisotopic (exact) mass is 498 g/mol. The van der Waals surface area contributed by atoms with Crippen LogP contribution in [0.1, 0.15) is 18.4 Å². The smallest absolute Gasteiger partial charge is 0.246 e. The number of amides is 1. The second-order valence-corrected chi connectivity index (χ2v) is 6.39. The standard InChI is InChI=1S/C19H26N6O2.HI/c1-20-19(22-13-17-7-3-10-27-17)21-12-15-5-2-6-16(11-15)24-18(26)14-25-9-4-8-23-25;/h2,4-6,8-9,11,17H,3,7,10,12-14H2,1H3,(H,24,26)(H2,20,21,22);1H. The van der Waals surface area contributed by atoms with Gasteiger partial charge in [0.15, 0.2) is 5.96 Å². The van der Waals surface area contributed by atoms with Gasteiger partial charge in [-0.2, -0.15) is 5.10 Å². The maximum absolute atomic E-state index is 12.1. The van der Waals surface area contributed by atoms with Gasteiger partial charge in [-0.05, 0) is 36.6 Å². The largest absolute Gasteiger partial charge is 0.376 e. The molecule has 8 nitrogen and oxygen atoms in total. The lowest BCUT2D eigenvalue weighted by Crippen LogP contribution is -2.40. The normalized spacial score (nSPS) is 16.3. The fourth-order valence-corrected chi connectivity index (χ4v) is 2.92. The highest BCUT2D eigenvalue weighted by Crippen LogP contribution is 2.11. The second kappa shape index (κ2) is 11.6. The van der Waals surface area contributed by atoms with Crippen molar-refractivity contribution >= 4 is 41.5 Å². The molecule has 9 heteroatoms. The zero-order valence-corrected chi connectivity index (χ0v) is 18.3. The highest BCUT2D eigenvalue weighted by Gasteiger charge is 2.15. The van der Waals surface area contributed by atoms with E-state index in [0.717, 1.165) is 43.2 Å². The molecule has 0 bridgehead atoms. The van der Waals surface area contributed by atoms with Crippen LogP contribution in [0.5, 0.6) is 0 Å². The average molecular weight is 498 g/mol. The topological polar surface area (TPSA) is 92.6 Å². The predicted octanol–water partition coefficient (Wildman–Crippen LogP) is 1.98. The number of rotatable bonds is 7. The molecule has 1 saturated heterocycles. The summed E-state index contributed by atoms with van der Waals surface area (Å²) in [4.78, 5) is 16.3. The molecular weight excluding hydrogens is 471 g/mol. The Hall–Kier alpha value is -2.14. The van der Waals surface area contributed by atoms with Gasteiger partial charge in [0.1, 0.15) is 6.54 Å². The number of carbonyl (C=O) groups excluding carboxylic acids is 1. The molecule has 1 unspecified atom stereocenters. The lowest BCUT2D eigenvalue weighted by Gasteiger charge is -2.15. The molecule has 3 N–H and O–H groups in total. The Bertz CT molecular complexity index is 760. The van der Waals surface area contributed by atoms with Gasteiger partial charge >= 0.3 is 0 Å². The van der Waals surface area contributed by atoms with E-state index in [1.807, 2.05) is 24.3 Å². The van der Waals surface area contributed by atoms with Crippen LogP contribution in [0.15, 0.2) is 47.7 Å². The number of aromatic nitrogens is 2. The summed E-state index contributed by atoms with van der Waals surface area (Å²) in [6, 6.07) is 9.53. The number of aliphatic imine (C=N–C) groups is 1. The van der Waals surface area contributed by atoms with Gasteiger partial charge in [-0.3, -0.25) is 14.5 Å². The van der Waals surface area contributed by atoms with Crippen LogP contribution in [0.3, 0.4) is 0 Å². The minimum atomic E-state index is -0.113. The number of carbonyl (C=O) groups is 1. The van der Waals surface area contributed by atoms with Gasteiger partial charge in [0.05, 0.1) is 6.10 Å². The van der Waals surface area contributed by atoms with Gasteiger partial charge in [0.25, 0.3) is 0 Å². The van der Waals surface area contributed by atoms with Crippen LogP contribution in [0.2, 0.25) is 0 Å². The molecule has 28 heavy (non-hydrogen) atoms. The number of hydrogen-bond donors (Lipinski definition) is 3. The Morgan fingerprint density at radius 3 is 2.96 bits per heavy atom. The van der Waals surface area contributed by atoms with Gasteiger partial charge in [-0.25, -0.2) is 0 Å². The van der Waals surface area contributed by atoms with Crippen molar-refractivity contribution < 1.29 is 9.53 Å². The highest BCUT2D eigenvalue weighted by molar-refractivity contribution is 14.0. The first kappa shape index (κ1) is 22.2. The summed E-state index contributed by atoms with van der Waals surface area (Å²) >= 11 is 0. The van der Waals surface area contributed by atoms with E-state index in [-0.39, 0.29) is 42.5 Å². The molecule has 152 valence electrons. The summed E-state index contributed by atoms with van der Waals surface area (Å²) in [5.41, 5.74) is 1.81. The maximum Gasteiger partial charge on any atom is 0.246 e. The van der Waals surface area contributed by atoms with Crippen molar-refractivity contribution in [3.8, 4) is 0 Å². The van der Waals surface area contributed by atoms with E-state index in [1.165, 1.54) is 0 Å². The molecule has 1 atom stereocenters. The van der Waals surface area contributed by atoms with Crippen molar-refractivity contribution in [2.24, 2.45) is 4.99 Å². The number of benzene rings is 1. The number of ether oxygens (including phenoxy) is 1. The summed E-state index contributed by atoms with van der Waals surface area (Å²) in [5, 5.41) is 13.5. The average Bonchev–Trinajstić information content (AvgIpc) is 3.36. The number of halogens is 1. The van der Waals surface area contributed by atoms with Crippen molar-refractivity contribution in [2.45, 2.75) is 32.0 Å². The Morgan fingerprint density at radius 2 is 2.25 bits per heavy atom. The molecule has 2 heterocycles. The minimum Gasteiger partial charge on any atom is -0.376 e. The Morgan fingerprint density at radius 1 is 1.36 bits per heavy atom. The van der Waals surface area contributed by atoms with Crippen LogP contribution >= 0.6 is 24.0 Å². The third-order valence-electron chi connectivity index (χ3n) is 4.28. The molecule has 1 fully saturated rings. The van der Waals surface area contributed by atoms with E-state index in [2.05, 4.69) is 26.0 Å². The molecule has 1 amide bonds. The van der Waals surface area contributed by atoms with Gasteiger partial charge in [-0.15, -0.1) is 24.0 Å². The number of hydrogen-bond acceptors (Lipinski definition) is 4. The van der Waals surface area contributed by atoms with Gasteiger partial charge in [0, 0.05) is 44.8 Å². The summed E-state index contributed by atoms with van der Waals surface area (Å²) in [5.74, 6) is 0.622. The summed E-state index contributed by atoms with van der Waals surface area (Å²) in [6.45, 7) is 2.39. The summed E-state index contributed by atoms with van der Waals surface area (Å²) in [7, 11) is 1.75. The minimum absolute atomic E-state index is 0. The maximum atomic E-state index is 12.1. The third-order valence-corrected chi connectivity index (χ3v) is 4.28. The lowest BCUT2D eigenvalue weighted by atomic mass is 10.2. The molecule has 1 aliphatic rings. The Balaban J connectivity index is 0.00000280. The first-order valence-electron chi connectivity index (χ1n) is 9.15. The van der Waals surface area contributed by atoms with E-state index in [9.17, 15) is 4.79 Å². The molecule has 0 spiro atoms. The van der Waals surface area contributed by atoms with E-state index in [1.54, 1.807) is 30.2 Å². The van der Waals surface area contributed by atoms with Crippen molar-refractivity contribution in [1.29, 1.82) is 0 Å². The first-order valence-corrected chi connectivity index (χ1v) is 9.15. The van der Waals surface area contributed by atoms with Crippen molar-refractivity contribution in [2.75, 3.05) is 25.5 Å². The number of nitrogens with one attached hydrogen (secondary N) is 3. The van der Waals surface area contributed by atoms with E-state index in [4.69, 9.17) is 4.74 Å². The van der Waals surface area contributed by atoms with E-state index in [0.29, 0.717) is 6.54 Å². The molecule has 1 aliphatic heterocycles. The predicted molar refractivity (Wildman–Crippen MR) is 120 cm³/mol. The van der Waals surface area contributed by atoms with Gasteiger partial charge in [0.2, 0.25) is 5.91 Å². The molecule has 2 aromatic rings. The molecule has 0 radical (unpaired) electrons. The second-order valence-electron chi connectivity index (χ2n) is 6.39. The van der Waals surface area contributed by atoms with Crippen LogP contribution in [0, 0.1) is 0 Å². The van der Waals surface area contributed by atoms with Crippen LogP contribution in [0.4, 0.5) is 5.69 Å². The molecule has 0 aliphatic carbocycles. The van der Waals surface area contributed by atoms with Crippen molar-refractivity contribution in [3.05, 3.63) is 48.3 Å². The summed E-state index contributed by atoms with van der Waals surface area (Å²) in [6.07, 6.45) is 5.88. The fraction of sp³-hybridized carbons (Fsp3) is 0.421. The highest BCUT2D eigenvalue weighted by atomic mass is 127. The zero-order valence-electron chi connectivity index (χ0n) is 15.9. The number of anilines is 1. The first-order chi connectivity index (χ1) is 13.2. The van der Waals surface area contributed by atoms with Crippen molar-refractivity contribution in [3.63, 3.8) is 0 Å². The van der Waals surface area contributed by atoms with Crippen LogP contribution in [0.25, 0.3) is 0 Å². The number of nitrogens with zero attached hydrogens (tertiary/aromatic N) is 3.